The van der Waals surface area contributed by atoms with Gasteiger partial charge < -0.3 is 9.64 Å². The van der Waals surface area contributed by atoms with Gasteiger partial charge in [0.05, 0.1) is 6.54 Å². The minimum atomic E-state index is -3.42. The van der Waals surface area contributed by atoms with Crippen LogP contribution in [0.15, 0.2) is 52.1 Å². The number of sulfonamides is 1. The quantitative estimate of drug-likeness (QED) is 0.802. The molecule has 1 atom stereocenters. The van der Waals surface area contributed by atoms with Crippen LogP contribution in [0.25, 0.3) is 0 Å². The van der Waals surface area contributed by atoms with Crippen LogP contribution in [0.5, 0.6) is 0 Å². The summed E-state index contributed by atoms with van der Waals surface area (Å²) in [5.41, 5.74) is 0.987. The van der Waals surface area contributed by atoms with Gasteiger partial charge in [0.2, 0.25) is 0 Å². The SMILES string of the molecule is O=C1OC(c2ccccc2)CN1C1CCN(S(=O)(=O)c2cccs2)CC1. The van der Waals surface area contributed by atoms with E-state index in [0.717, 1.165) is 5.56 Å². The van der Waals surface area contributed by atoms with Crippen molar-refractivity contribution in [1.82, 2.24) is 9.21 Å². The summed E-state index contributed by atoms with van der Waals surface area (Å²) in [6, 6.07) is 13.1. The molecule has 2 saturated heterocycles. The van der Waals surface area contributed by atoms with Gasteiger partial charge in [-0.15, -0.1) is 11.3 Å². The second-order valence-electron chi connectivity index (χ2n) is 6.50. The van der Waals surface area contributed by atoms with Crippen molar-refractivity contribution in [1.29, 1.82) is 0 Å². The molecule has 6 nitrogen and oxygen atoms in total. The maximum atomic E-state index is 12.6. The summed E-state index contributed by atoms with van der Waals surface area (Å²) in [4.78, 5) is 14.1. The zero-order valence-corrected chi connectivity index (χ0v) is 15.8. The molecule has 1 unspecified atom stereocenters. The van der Waals surface area contributed by atoms with Crippen molar-refractivity contribution >= 4 is 27.5 Å². The van der Waals surface area contributed by atoms with E-state index in [0.29, 0.717) is 36.7 Å². The lowest BCUT2D eigenvalue weighted by molar-refractivity contribution is 0.121. The molecule has 0 bridgehead atoms. The highest BCUT2D eigenvalue weighted by Crippen LogP contribution is 2.31. The van der Waals surface area contributed by atoms with E-state index in [2.05, 4.69) is 0 Å². The Kier molecular flexibility index (Phi) is 4.73. The van der Waals surface area contributed by atoms with Gasteiger partial charge in [-0.3, -0.25) is 0 Å². The van der Waals surface area contributed by atoms with Crippen molar-refractivity contribution in [2.45, 2.75) is 29.2 Å². The highest BCUT2D eigenvalue weighted by molar-refractivity contribution is 7.91. The van der Waals surface area contributed by atoms with E-state index in [1.807, 2.05) is 30.3 Å². The molecule has 0 spiro atoms. The minimum Gasteiger partial charge on any atom is -0.439 e. The molecule has 1 amide bonds. The fraction of sp³-hybridized carbons (Fsp3) is 0.389. The van der Waals surface area contributed by atoms with Crippen LogP contribution >= 0.6 is 11.3 Å². The number of benzene rings is 1. The van der Waals surface area contributed by atoms with E-state index in [1.165, 1.54) is 15.6 Å². The van der Waals surface area contributed by atoms with Gasteiger partial charge in [-0.1, -0.05) is 36.4 Å². The topological polar surface area (TPSA) is 66.9 Å². The van der Waals surface area contributed by atoms with Crippen LogP contribution in [-0.4, -0.2) is 49.4 Å². The second-order valence-corrected chi connectivity index (χ2v) is 9.62. The number of hydrogen-bond acceptors (Lipinski definition) is 5. The molecule has 8 heteroatoms. The second kappa shape index (κ2) is 7.02. The molecule has 2 aromatic rings. The molecule has 138 valence electrons. The van der Waals surface area contributed by atoms with Crippen molar-refractivity contribution in [3.63, 3.8) is 0 Å². The molecule has 4 rings (SSSR count). The van der Waals surface area contributed by atoms with Crippen molar-refractivity contribution < 1.29 is 17.9 Å². The number of hydrogen-bond donors (Lipinski definition) is 0. The number of rotatable bonds is 4. The molecule has 0 radical (unpaired) electrons. The molecule has 0 saturated carbocycles. The maximum Gasteiger partial charge on any atom is 0.410 e. The van der Waals surface area contributed by atoms with E-state index in [9.17, 15) is 13.2 Å². The van der Waals surface area contributed by atoms with Gasteiger partial charge in [0.1, 0.15) is 10.3 Å². The van der Waals surface area contributed by atoms with E-state index in [-0.39, 0.29) is 18.2 Å². The number of nitrogens with zero attached hydrogens (tertiary/aromatic N) is 2. The molecule has 1 aromatic heterocycles. The van der Waals surface area contributed by atoms with Crippen LogP contribution in [-0.2, 0) is 14.8 Å². The van der Waals surface area contributed by atoms with Crippen LogP contribution in [0.1, 0.15) is 24.5 Å². The first-order chi connectivity index (χ1) is 12.6. The zero-order valence-electron chi connectivity index (χ0n) is 14.2. The molecule has 0 N–H and O–H groups in total. The summed E-state index contributed by atoms with van der Waals surface area (Å²) < 4.78 is 32.6. The summed E-state index contributed by atoms with van der Waals surface area (Å²) in [6.45, 7) is 1.36. The number of ether oxygens (including phenoxy) is 1. The van der Waals surface area contributed by atoms with Crippen LogP contribution in [0.3, 0.4) is 0 Å². The molecule has 3 heterocycles. The molecule has 1 aromatic carbocycles. The Bertz CT molecular complexity index is 860. The van der Waals surface area contributed by atoms with Crippen LogP contribution in [0.2, 0.25) is 0 Å². The third-order valence-corrected chi connectivity index (χ3v) is 8.24. The monoisotopic (exact) mass is 392 g/mol. The normalized spacial score (nSPS) is 22.5. The van der Waals surface area contributed by atoms with E-state index >= 15 is 0 Å². The highest BCUT2D eigenvalue weighted by atomic mass is 32.2. The number of piperidine rings is 1. The molecular weight excluding hydrogens is 372 g/mol. The maximum absolute atomic E-state index is 12.6. The average Bonchev–Trinajstić information content (AvgIpc) is 3.33. The Morgan fingerprint density at radius 1 is 1.04 bits per heavy atom. The van der Waals surface area contributed by atoms with Gasteiger partial charge in [-0.25, -0.2) is 13.2 Å². The minimum absolute atomic E-state index is 0.0194. The predicted molar refractivity (Wildman–Crippen MR) is 98.5 cm³/mol. The molecular formula is C18H20N2O4S2. The van der Waals surface area contributed by atoms with Crippen LogP contribution in [0, 0.1) is 0 Å². The Hall–Kier alpha value is -1.90. The lowest BCUT2D eigenvalue weighted by Crippen LogP contribution is -2.46. The van der Waals surface area contributed by atoms with Gasteiger partial charge >= 0.3 is 6.09 Å². The largest absolute Gasteiger partial charge is 0.439 e. The molecule has 2 aliphatic heterocycles. The third kappa shape index (κ3) is 3.24. The first kappa shape index (κ1) is 17.5. The van der Waals surface area contributed by atoms with Crippen molar-refractivity contribution in [3.8, 4) is 0 Å². The Morgan fingerprint density at radius 2 is 1.77 bits per heavy atom. The van der Waals surface area contributed by atoms with Gasteiger partial charge in [0.15, 0.2) is 0 Å². The standard InChI is InChI=1S/C18H20N2O4S2/c21-18-20(13-16(24-18)14-5-2-1-3-6-14)15-8-10-19(11-9-15)26(22,23)17-7-4-12-25-17/h1-7,12,15-16H,8-11,13H2. The number of thiophene rings is 1. The molecule has 2 fully saturated rings. The summed E-state index contributed by atoms with van der Waals surface area (Å²) in [6.07, 6.45) is 0.692. The van der Waals surface area contributed by atoms with Gasteiger partial charge in [-0.2, -0.15) is 4.31 Å². The van der Waals surface area contributed by atoms with E-state index < -0.39 is 10.0 Å². The summed E-state index contributed by atoms with van der Waals surface area (Å²) in [5.74, 6) is 0. The fourth-order valence-corrected chi connectivity index (χ4v) is 6.17. The van der Waals surface area contributed by atoms with Crippen molar-refractivity contribution in [3.05, 3.63) is 53.4 Å². The van der Waals surface area contributed by atoms with E-state index in [1.54, 1.807) is 22.4 Å². The summed E-state index contributed by atoms with van der Waals surface area (Å²) in [7, 11) is -3.42. The predicted octanol–water partition coefficient (Wildman–Crippen LogP) is 3.09. The first-order valence-corrected chi connectivity index (χ1v) is 10.9. The van der Waals surface area contributed by atoms with Crippen molar-refractivity contribution in [2.75, 3.05) is 19.6 Å². The van der Waals surface area contributed by atoms with Crippen LogP contribution in [0.4, 0.5) is 4.79 Å². The van der Waals surface area contributed by atoms with E-state index in [4.69, 9.17) is 4.74 Å². The summed E-state index contributed by atoms with van der Waals surface area (Å²) >= 11 is 1.23. The lowest BCUT2D eigenvalue weighted by Gasteiger charge is -2.34. The van der Waals surface area contributed by atoms with Crippen LogP contribution < -0.4 is 0 Å². The smallest absolute Gasteiger partial charge is 0.410 e. The average molecular weight is 393 g/mol. The lowest BCUT2D eigenvalue weighted by atomic mass is 10.0. The van der Waals surface area contributed by atoms with Gasteiger partial charge in [0.25, 0.3) is 10.0 Å². The fourth-order valence-electron chi connectivity index (χ4n) is 3.55. The number of carbonyl (C=O) groups excluding carboxylic acids is 1. The Labute approximate surface area is 157 Å². The number of amides is 1. The van der Waals surface area contributed by atoms with Gasteiger partial charge in [0, 0.05) is 19.1 Å². The Balaban J connectivity index is 1.40. The first-order valence-electron chi connectivity index (χ1n) is 8.61. The van der Waals surface area contributed by atoms with Crippen molar-refractivity contribution in [2.24, 2.45) is 0 Å². The highest BCUT2D eigenvalue weighted by Gasteiger charge is 2.39. The number of cyclic esters (lactones) is 1. The zero-order chi connectivity index (χ0) is 18.1. The Morgan fingerprint density at radius 3 is 2.42 bits per heavy atom. The third-order valence-electron chi connectivity index (χ3n) is 4.96. The molecule has 2 aliphatic rings. The van der Waals surface area contributed by atoms with Gasteiger partial charge in [-0.05, 0) is 29.9 Å². The molecule has 0 aliphatic carbocycles. The summed E-state index contributed by atoms with van der Waals surface area (Å²) in [5, 5.41) is 1.77. The number of carbonyl (C=O) groups is 1. The molecule has 26 heavy (non-hydrogen) atoms.